The summed E-state index contributed by atoms with van der Waals surface area (Å²) in [6.45, 7) is 8.41. The van der Waals surface area contributed by atoms with Crippen LogP contribution in [0.2, 0.25) is 0 Å². The quantitative estimate of drug-likeness (QED) is 0.279. The molecule has 0 heterocycles. The average molecular weight is 248 g/mol. The summed E-state index contributed by atoms with van der Waals surface area (Å²) < 4.78 is 0. The van der Waals surface area contributed by atoms with E-state index in [4.69, 9.17) is 11.6 Å². The molecule has 0 spiro atoms. The minimum absolute atomic E-state index is 0.304. The van der Waals surface area contributed by atoms with E-state index in [0.29, 0.717) is 24.3 Å². The fourth-order valence-corrected chi connectivity index (χ4v) is 1.60. The van der Waals surface area contributed by atoms with Crippen molar-refractivity contribution in [3.05, 3.63) is 17.3 Å². The molecular formula is C11H22ClN3O. The van der Waals surface area contributed by atoms with Gasteiger partial charge in [0.15, 0.2) is 0 Å². The lowest BCUT2D eigenvalue weighted by atomic mass is 10.1. The highest BCUT2D eigenvalue weighted by atomic mass is 35.5. The van der Waals surface area contributed by atoms with Crippen LogP contribution in [-0.4, -0.2) is 23.5 Å². The van der Waals surface area contributed by atoms with Crippen LogP contribution in [0.1, 0.15) is 39.5 Å². The van der Waals surface area contributed by atoms with Gasteiger partial charge in [-0.3, -0.25) is 0 Å². The van der Waals surface area contributed by atoms with Crippen LogP contribution in [0.3, 0.4) is 0 Å². The highest BCUT2D eigenvalue weighted by molar-refractivity contribution is 6.18. The summed E-state index contributed by atoms with van der Waals surface area (Å²) in [5.41, 5.74) is 0. The Bertz CT molecular complexity index is 211. The van der Waals surface area contributed by atoms with Gasteiger partial charge in [-0.05, 0) is 13.3 Å². The lowest BCUT2D eigenvalue weighted by Gasteiger charge is -2.22. The Morgan fingerprint density at radius 2 is 2.25 bits per heavy atom. The average Bonchev–Trinajstić information content (AvgIpc) is 2.26. The van der Waals surface area contributed by atoms with E-state index in [1.807, 2.05) is 0 Å². The first-order valence-electron chi connectivity index (χ1n) is 5.77. The summed E-state index contributed by atoms with van der Waals surface area (Å²) in [6.07, 6.45) is 4.69. The molecule has 5 heteroatoms. The summed E-state index contributed by atoms with van der Waals surface area (Å²) in [6, 6.07) is 0.304. The second kappa shape index (κ2) is 9.46. The van der Waals surface area contributed by atoms with E-state index in [0.717, 1.165) is 6.42 Å². The number of alkyl halides is 1. The van der Waals surface area contributed by atoms with Gasteiger partial charge in [0.1, 0.15) is 5.82 Å². The van der Waals surface area contributed by atoms with Gasteiger partial charge < -0.3 is 5.32 Å². The first-order chi connectivity index (χ1) is 7.65. The van der Waals surface area contributed by atoms with Crippen LogP contribution >= 0.6 is 11.6 Å². The smallest absolute Gasteiger partial charge is 0.118 e. The molecule has 0 rings (SSSR count). The van der Waals surface area contributed by atoms with Crippen molar-refractivity contribution in [2.45, 2.75) is 45.6 Å². The lowest BCUT2D eigenvalue weighted by molar-refractivity contribution is 0.334. The molecule has 1 atom stereocenters. The Labute approximate surface area is 103 Å². The predicted molar refractivity (Wildman–Crippen MR) is 69.1 cm³/mol. The van der Waals surface area contributed by atoms with Gasteiger partial charge in [-0.2, -0.15) is 0 Å². The third-order valence-electron chi connectivity index (χ3n) is 2.36. The highest BCUT2D eigenvalue weighted by Crippen LogP contribution is 2.06. The Balaban J connectivity index is 3.86. The summed E-state index contributed by atoms with van der Waals surface area (Å²) in [5, 5.41) is 7.27. The van der Waals surface area contributed by atoms with Gasteiger partial charge in [0.05, 0.1) is 11.8 Å². The molecule has 0 amide bonds. The molecule has 0 saturated heterocycles. The van der Waals surface area contributed by atoms with Crippen LogP contribution in [0.25, 0.3) is 0 Å². The van der Waals surface area contributed by atoms with E-state index in [9.17, 15) is 4.91 Å². The van der Waals surface area contributed by atoms with Crippen LogP contribution in [0.15, 0.2) is 17.7 Å². The van der Waals surface area contributed by atoms with Gasteiger partial charge in [0, 0.05) is 11.9 Å². The molecule has 0 aliphatic rings. The van der Waals surface area contributed by atoms with Crippen LogP contribution < -0.4 is 5.32 Å². The van der Waals surface area contributed by atoms with Crippen LogP contribution in [0.4, 0.5) is 0 Å². The largest absolute Gasteiger partial charge is 0.368 e. The second-order valence-corrected chi connectivity index (χ2v) is 4.26. The zero-order valence-electron chi connectivity index (χ0n) is 10.2. The zero-order chi connectivity index (χ0) is 12.4. The van der Waals surface area contributed by atoms with E-state index in [1.165, 1.54) is 24.3 Å². The molecule has 0 saturated carbocycles. The van der Waals surface area contributed by atoms with Crippen molar-refractivity contribution in [2.75, 3.05) is 12.4 Å². The second-order valence-electron chi connectivity index (χ2n) is 3.88. The van der Waals surface area contributed by atoms with E-state index >= 15 is 0 Å². The molecule has 0 bridgehead atoms. The molecule has 1 N–H and O–H groups in total. The fraction of sp³-hybridized carbons (Fsp3) is 0.818. The maximum absolute atomic E-state index is 10.5. The van der Waals surface area contributed by atoms with E-state index in [2.05, 4.69) is 31.0 Å². The summed E-state index contributed by atoms with van der Waals surface area (Å²) in [5.74, 6) is 0.885. The maximum atomic E-state index is 10.5. The third-order valence-corrected chi connectivity index (χ3v) is 2.53. The normalized spacial score (nSPS) is 11.9. The van der Waals surface area contributed by atoms with E-state index < -0.39 is 0 Å². The molecule has 0 radical (unpaired) electrons. The van der Waals surface area contributed by atoms with Gasteiger partial charge in [0.2, 0.25) is 0 Å². The molecule has 1 unspecified atom stereocenters. The summed E-state index contributed by atoms with van der Waals surface area (Å²) in [4.78, 5) is 10.5. The number of hydrogen-bond acceptors (Lipinski definition) is 3. The number of hydrogen-bond donors (Lipinski definition) is 1. The third kappa shape index (κ3) is 6.67. The Morgan fingerprint density at radius 3 is 2.75 bits per heavy atom. The highest BCUT2D eigenvalue weighted by Gasteiger charge is 2.09. The molecule has 94 valence electrons. The Kier molecular flexibility index (Phi) is 9.00. The zero-order valence-corrected chi connectivity index (χ0v) is 11.0. The van der Waals surface area contributed by atoms with Crippen LogP contribution in [0, 0.1) is 4.91 Å². The first-order valence-corrected chi connectivity index (χ1v) is 6.31. The Hall–Kier alpha value is -0.770. The van der Waals surface area contributed by atoms with Crippen molar-refractivity contribution in [3.63, 3.8) is 0 Å². The van der Waals surface area contributed by atoms with Crippen LogP contribution in [0.5, 0.6) is 0 Å². The minimum atomic E-state index is 0.304. The summed E-state index contributed by atoms with van der Waals surface area (Å²) in [7, 11) is 0. The van der Waals surface area contributed by atoms with Gasteiger partial charge in [0.25, 0.3) is 0 Å². The molecule has 16 heavy (non-hydrogen) atoms. The molecule has 4 nitrogen and oxygen atoms in total. The van der Waals surface area contributed by atoms with Crippen molar-refractivity contribution >= 4 is 11.6 Å². The maximum Gasteiger partial charge on any atom is 0.118 e. The molecule has 0 fully saturated rings. The van der Waals surface area contributed by atoms with E-state index in [1.54, 1.807) is 0 Å². The van der Waals surface area contributed by atoms with Gasteiger partial charge in [-0.1, -0.05) is 32.8 Å². The molecule has 0 aliphatic carbocycles. The fourth-order valence-electron chi connectivity index (χ4n) is 1.44. The first kappa shape index (κ1) is 15.2. The van der Waals surface area contributed by atoms with Crippen molar-refractivity contribution in [3.8, 4) is 0 Å². The number of nitroso groups, excluding NO2 is 1. The molecule has 0 aliphatic heterocycles. The lowest BCUT2D eigenvalue weighted by Crippen LogP contribution is -2.33. The minimum Gasteiger partial charge on any atom is -0.368 e. The van der Waals surface area contributed by atoms with Crippen molar-refractivity contribution in [1.82, 2.24) is 10.3 Å². The van der Waals surface area contributed by atoms with Crippen molar-refractivity contribution < 1.29 is 0 Å². The number of nitrogens with zero attached hydrogens (tertiary/aromatic N) is 2. The number of nitrogens with one attached hydrogen (secondary N) is 1. The number of rotatable bonds is 10. The van der Waals surface area contributed by atoms with Gasteiger partial charge in [-0.15, -0.1) is 16.5 Å². The molecule has 0 aromatic rings. The van der Waals surface area contributed by atoms with Gasteiger partial charge in [-0.25, -0.2) is 5.01 Å². The number of halogens is 1. The summed E-state index contributed by atoms with van der Waals surface area (Å²) >= 11 is 5.55. The molecule has 0 aromatic carbocycles. The SMILES string of the molecule is C=C(NC(C)CCCCC)N(CCCl)N=O. The Morgan fingerprint density at radius 1 is 1.56 bits per heavy atom. The van der Waals surface area contributed by atoms with Crippen LogP contribution in [-0.2, 0) is 0 Å². The standard InChI is InChI=1S/C11H22ClN3O/c1-4-5-6-7-10(2)13-11(3)15(14-16)9-8-12/h10,13H,3-9H2,1-2H3. The molecular weight excluding hydrogens is 226 g/mol. The topological polar surface area (TPSA) is 44.7 Å². The predicted octanol–water partition coefficient (Wildman–Crippen LogP) is 3.24. The van der Waals surface area contributed by atoms with Crippen molar-refractivity contribution in [1.29, 1.82) is 0 Å². The van der Waals surface area contributed by atoms with Gasteiger partial charge >= 0.3 is 0 Å². The number of unbranched alkanes of at least 4 members (excludes halogenated alkanes) is 2. The van der Waals surface area contributed by atoms with Crippen molar-refractivity contribution in [2.24, 2.45) is 5.29 Å². The van der Waals surface area contributed by atoms with E-state index in [-0.39, 0.29) is 0 Å². The molecule has 0 aromatic heterocycles. The monoisotopic (exact) mass is 247 g/mol.